The molecule has 160 valence electrons. The van der Waals surface area contributed by atoms with E-state index in [9.17, 15) is 19.2 Å². The number of nitrogens with one attached hydrogen (secondary N) is 2. The summed E-state index contributed by atoms with van der Waals surface area (Å²) in [6.45, 7) is 1.37. The minimum absolute atomic E-state index is 0.130. The second-order valence-electron chi connectivity index (χ2n) is 8.01. The molecule has 2 amide bonds. The molecule has 0 atom stereocenters. The number of nitrogens with zero attached hydrogens (tertiary/aromatic N) is 5. The molecule has 2 bridgehead atoms. The lowest BCUT2D eigenvalue weighted by molar-refractivity contribution is 0.0284. The summed E-state index contributed by atoms with van der Waals surface area (Å²) in [6.07, 6.45) is 2.33. The molecular formula is C21H22FN7O2. The van der Waals surface area contributed by atoms with E-state index in [0.717, 1.165) is 6.54 Å². The van der Waals surface area contributed by atoms with Gasteiger partial charge in [-0.1, -0.05) is 0 Å². The van der Waals surface area contributed by atoms with Gasteiger partial charge in [-0.15, -0.1) is 0 Å². The lowest BCUT2D eigenvalue weighted by atomic mass is 9.69. The van der Waals surface area contributed by atoms with Crippen LogP contribution in [-0.4, -0.2) is 60.4 Å². The molecule has 2 aromatic rings. The number of carbonyl (C=O) groups is 2. The SMILES string of the molecule is CN(C)CCNc1cc(NC(=O)N2c3nc(C=O)ccc3C3(F)CC2C3)ncc1C#N. The number of rotatable bonds is 6. The lowest BCUT2D eigenvalue weighted by Crippen LogP contribution is -2.60. The Bertz CT molecular complexity index is 1080. The van der Waals surface area contributed by atoms with Crippen molar-refractivity contribution in [2.45, 2.75) is 24.6 Å². The van der Waals surface area contributed by atoms with Crippen LogP contribution >= 0.6 is 0 Å². The van der Waals surface area contributed by atoms with Gasteiger partial charge >= 0.3 is 6.03 Å². The number of carbonyl (C=O) groups excluding carboxylic acids is 2. The van der Waals surface area contributed by atoms with Crippen molar-refractivity contribution < 1.29 is 14.0 Å². The van der Waals surface area contributed by atoms with Crippen molar-refractivity contribution in [3.63, 3.8) is 0 Å². The second-order valence-corrected chi connectivity index (χ2v) is 8.01. The Morgan fingerprint density at radius 1 is 1.45 bits per heavy atom. The summed E-state index contributed by atoms with van der Waals surface area (Å²) in [5, 5.41) is 15.2. The van der Waals surface area contributed by atoms with Gasteiger partial charge in [0, 0.05) is 49.8 Å². The number of anilines is 3. The van der Waals surface area contributed by atoms with Crippen LogP contribution in [0.2, 0.25) is 0 Å². The normalized spacial score (nSPS) is 21.0. The van der Waals surface area contributed by atoms with Crippen LogP contribution in [-0.2, 0) is 5.67 Å². The number of hydrogen-bond acceptors (Lipinski definition) is 7. The third-order valence-corrected chi connectivity index (χ3v) is 5.56. The van der Waals surface area contributed by atoms with E-state index in [2.05, 4.69) is 26.7 Å². The highest BCUT2D eigenvalue weighted by Crippen LogP contribution is 2.55. The highest BCUT2D eigenvalue weighted by Gasteiger charge is 2.57. The third-order valence-electron chi connectivity index (χ3n) is 5.56. The molecule has 1 fully saturated rings. The van der Waals surface area contributed by atoms with Crippen LogP contribution in [0, 0.1) is 11.3 Å². The largest absolute Gasteiger partial charge is 0.383 e. The summed E-state index contributed by atoms with van der Waals surface area (Å²) in [6, 6.07) is 5.78. The van der Waals surface area contributed by atoms with Gasteiger partial charge in [0.2, 0.25) is 0 Å². The quantitative estimate of drug-likeness (QED) is 0.686. The molecule has 31 heavy (non-hydrogen) atoms. The molecule has 1 aliphatic carbocycles. The van der Waals surface area contributed by atoms with Gasteiger partial charge in [-0.3, -0.25) is 15.0 Å². The molecule has 2 aromatic heterocycles. The van der Waals surface area contributed by atoms with Gasteiger partial charge in [-0.05, 0) is 26.2 Å². The number of likely N-dealkylation sites (N-methyl/N-ethyl adjacent to an activating group) is 1. The number of alkyl halides is 1. The average molecular weight is 423 g/mol. The van der Waals surface area contributed by atoms with Crippen LogP contribution in [0.15, 0.2) is 24.4 Å². The van der Waals surface area contributed by atoms with E-state index < -0.39 is 11.7 Å². The zero-order valence-electron chi connectivity index (χ0n) is 17.2. The Kier molecular flexibility index (Phi) is 5.29. The minimum atomic E-state index is -1.51. The number of nitriles is 1. The van der Waals surface area contributed by atoms with E-state index in [1.165, 1.54) is 23.2 Å². The number of halogens is 1. The van der Waals surface area contributed by atoms with E-state index in [-0.39, 0.29) is 36.2 Å². The predicted molar refractivity (Wildman–Crippen MR) is 113 cm³/mol. The van der Waals surface area contributed by atoms with E-state index >= 15 is 0 Å². The summed E-state index contributed by atoms with van der Waals surface area (Å²) in [4.78, 5) is 35.9. The van der Waals surface area contributed by atoms with Crippen LogP contribution in [0.5, 0.6) is 0 Å². The maximum Gasteiger partial charge on any atom is 0.328 e. The van der Waals surface area contributed by atoms with Crippen molar-refractivity contribution in [1.29, 1.82) is 5.26 Å². The summed E-state index contributed by atoms with van der Waals surface area (Å²) in [5.41, 5.74) is -0.151. The topological polar surface area (TPSA) is 114 Å². The molecule has 0 spiro atoms. The highest BCUT2D eigenvalue weighted by atomic mass is 19.1. The maximum atomic E-state index is 15.0. The summed E-state index contributed by atoms with van der Waals surface area (Å²) in [5.74, 6) is 0.408. The van der Waals surface area contributed by atoms with Gasteiger partial charge < -0.3 is 10.2 Å². The first kappa shape index (κ1) is 20.7. The van der Waals surface area contributed by atoms with Gasteiger partial charge in [0.1, 0.15) is 29.1 Å². The molecular weight excluding hydrogens is 401 g/mol. The third kappa shape index (κ3) is 3.80. The fraction of sp³-hybridized carbons (Fsp3) is 0.381. The van der Waals surface area contributed by atoms with E-state index in [1.807, 2.05) is 19.0 Å². The number of pyridine rings is 2. The first-order chi connectivity index (χ1) is 14.8. The van der Waals surface area contributed by atoms with Crippen LogP contribution in [0.3, 0.4) is 0 Å². The van der Waals surface area contributed by atoms with Gasteiger partial charge in [-0.2, -0.15) is 5.26 Å². The summed E-state index contributed by atoms with van der Waals surface area (Å²) < 4.78 is 15.0. The van der Waals surface area contributed by atoms with Crippen molar-refractivity contribution in [2.24, 2.45) is 0 Å². The van der Waals surface area contributed by atoms with Crippen molar-refractivity contribution in [3.8, 4) is 6.07 Å². The predicted octanol–water partition coefficient (Wildman–Crippen LogP) is 2.51. The number of hydrogen-bond donors (Lipinski definition) is 2. The average Bonchev–Trinajstić information content (AvgIpc) is 2.72. The number of aromatic nitrogens is 2. The minimum Gasteiger partial charge on any atom is -0.383 e. The molecule has 3 aliphatic rings. The smallest absolute Gasteiger partial charge is 0.328 e. The Morgan fingerprint density at radius 2 is 2.23 bits per heavy atom. The monoisotopic (exact) mass is 423 g/mol. The molecule has 0 saturated heterocycles. The number of urea groups is 1. The molecule has 2 N–H and O–H groups in total. The zero-order chi connectivity index (χ0) is 22.2. The van der Waals surface area contributed by atoms with Gasteiger partial charge in [0.05, 0.1) is 11.3 Å². The van der Waals surface area contributed by atoms with Crippen molar-refractivity contribution in [3.05, 3.63) is 41.2 Å². The molecule has 0 unspecified atom stereocenters. The Labute approximate surface area is 178 Å². The van der Waals surface area contributed by atoms with Crippen LogP contribution in [0.1, 0.15) is 34.5 Å². The first-order valence-electron chi connectivity index (χ1n) is 9.89. The van der Waals surface area contributed by atoms with Crippen LogP contribution in [0.4, 0.5) is 26.5 Å². The fourth-order valence-corrected chi connectivity index (χ4v) is 3.93. The van der Waals surface area contributed by atoms with Crippen LogP contribution < -0.4 is 15.5 Å². The van der Waals surface area contributed by atoms with E-state index in [4.69, 9.17) is 0 Å². The first-order valence-corrected chi connectivity index (χ1v) is 9.89. The zero-order valence-corrected chi connectivity index (χ0v) is 17.2. The maximum absolute atomic E-state index is 15.0. The summed E-state index contributed by atoms with van der Waals surface area (Å²) >= 11 is 0. The molecule has 5 rings (SSSR count). The molecule has 10 heteroatoms. The molecule has 1 saturated carbocycles. The lowest BCUT2D eigenvalue weighted by Gasteiger charge is -2.52. The Morgan fingerprint density at radius 3 is 2.90 bits per heavy atom. The Hall–Kier alpha value is -3.58. The Balaban J connectivity index is 1.57. The fourth-order valence-electron chi connectivity index (χ4n) is 3.93. The van der Waals surface area contributed by atoms with E-state index in [0.29, 0.717) is 29.6 Å². The molecule has 0 aromatic carbocycles. The van der Waals surface area contributed by atoms with E-state index in [1.54, 1.807) is 6.07 Å². The molecule has 4 heterocycles. The van der Waals surface area contributed by atoms with Gasteiger partial charge in [0.15, 0.2) is 6.29 Å². The second kappa shape index (κ2) is 7.92. The van der Waals surface area contributed by atoms with Crippen molar-refractivity contribution in [2.75, 3.05) is 42.7 Å². The van der Waals surface area contributed by atoms with Gasteiger partial charge in [0.25, 0.3) is 0 Å². The van der Waals surface area contributed by atoms with Crippen LogP contribution in [0.25, 0.3) is 0 Å². The molecule has 0 radical (unpaired) electrons. The standard InChI is InChI=1S/C21H22FN7O2/c1-28(2)6-5-24-17-7-18(25-11-13(17)10-23)27-20(31)29-15-8-21(22,9-15)16-4-3-14(12-30)26-19(16)29/h3-4,7,11-12,15H,5-6,8-9H2,1-2H3,(H2,24,25,27,31). The van der Waals surface area contributed by atoms with Crippen molar-refractivity contribution in [1.82, 2.24) is 14.9 Å². The highest BCUT2D eigenvalue weighted by molar-refractivity contribution is 6.03. The van der Waals surface area contributed by atoms with Gasteiger partial charge in [-0.25, -0.2) is 19.2 Å². The molecule has 2 aliphatic heterocycles. The molecule has 9 nitrogen and oxygen atoms in total. The summed E-state index contributed by atoms with van der Waals surface area (Å²) in [7, 11) is 3.89. The number of aldehydes is 1. The van der Waals surface area contributed by atoms with Crippen molar-refractivity contribution >= 4 is 29.6 Å². The number of amides is 2.